The zero-order chi connectivity index (χ0) is 13.2. The topological polar surface area (TPSA) is 66.7 Å². The lowest BCUT2D eigenvalue weighted by molar-refractivity contribution is 1.12. The number of pyridine rings is 1. The van der Waals surface area contributed by atoms with Gasteiger partial charge in [0.2, 0.25) is 0 Å². The van der Waals surface area contributed by atoms with Crippen molar-refractivity contribution in [1.29, 1.82) is 0 Å². The van der Waals surface area contributed by atoms with Gasteiger partial charge in [-0.3, -0.25) is 0 Å². The van der Waals surface area contributed by atoms with Crippen molar-refractivity contribution in [2.24, 2.45) is 0 Å². The zero-order valence-corrected chi connectivity index (χ0v) is 10.8. The van der Waals surface area contributed by atoms with E-state index in [1.54, 1.807) is 6.20 Å². The molecule has 3 aromatic rings. The number of para-hydroxylation sites is 1. The first-order valence-corrected chi connectivity index (χ1v) is 6.25. The summed E-state index contributed by atoms with van der Waals surface area (Å²) in [7, 11) is 0. The molecule has 2 heterocycles. The molecule has 4 heteroatoms. The van der Waals surface area contributed by atoms with Crippen LogP contribution in [0.3, 0.4) is 0 Å². The minimum absolute atomic E-state index is 0.720. The molecule has 96 valence electrons. The lowest BCUT2D eigenvalue weighted by atomic mass is 10.2. The summed E-state index contributed by atoms with van der Waals surface area (Å²) in [5.41, 5.74) is 9.90. The zero-order valence-electron chi connectivity index (χ0n) is 10.8. The molecule has 0 spiro atoms. The summed E-state index contributed by atoms with van der Waals surface area (Å²) in [5, 5.41) is 4.56. The van der Waals surface area contributed by atoms with Crippen molar-refractivity contribution >= 4 is 22.4 Å². The number of H-pyrrole nitrogens is 1. The highest BCUT2D eigenvalue weighted by molar-refractivity contribution is 5.83. The number of nitrogens with zero attached hydrogens (tertiary/aromatic N) is 1. The van der Waals surface area contributed by atoms with Gasteiger partial charge in [-0.05, 0) is 30.2 Å². The van der Waals surface area contributed by atoms with Gasteiger partial charge in [-0.25, -0.2) is 4.98 Å². The van der Waals surface area contributed by atoms with Crippen molar-refractivity contribution in [1.82, 2.24) is 9.97 Å². The Balaban J connectivity index is 1.80. The molecular weight excluding hydrogens is 236 g/mol. The van der Waals surface area contributed by atoms with Gasteiger partial charge in [0.15, 0.2) is 0 Å². The molecule has 19 heavy (non-hydrogen) atoms. The van der Waals surface area contributed by atoms with Gasteiger partial charge in [0, 0.05) is 23.6 Å². The molecule has 2 aromatic heterocycles. The number of aryl methyl sites for hydroxylation is 1. The average molecular weight is 252 g/mol. The van der Waals surface area contributed by atoms with Crippen LogP contribution in [0.15, 0.2) is 42.7 Å². The van der Waals surface area contributed by atoms with E-state index in [0.717, 1.165) is 29.1 Å². The van der Waals surface area contributed by atoms with Gasteiger partial charge < -0.3 is 16.0 Å². The summed E-state index contributed by atoms with van der Waals surface area (Å²) in [5.74, 6) is 0.844. The quantitative estimate of drug-likeness (QED) is 0.671. The lowest BCUT2D eigenvalue weighted by Gasteiger charge is -2.07. The van der Waals surface area contributed by atoms with E-state index < -0.39 is 0 Å². The molecule has 3 rings (SSSR count). The third kappa shape index (κ3) is 2.25. The predicted octanol–water partition coefficient (Wildman–Crippen LogP) is 3.07. The molecule has 4 nitrogen and oxygen atoms in total. The van der Waals surface area contributed by atoms with Crippen LogP contribution in [0.4, 0.5) is 11.5 Å². The Morgan fingerprint density at radius 2 is 2.16 bits per heavy atom. The first kappa shape index (κ1) is 11.6. The lowest BCUT2D eigenvalue weighted by Crippen LogP contribution is -2.02. The Labute approximate surface area is 111 Å². The maximum Gasteiger partial charge on any atom is 0.126 e. The first-order valence-electron chi connectivity index (χ1n) is 6.25. The second-order valence-corrected chi connectivity index (χ2v) is 4.64. The SMILES string of the molecule is Cc1cc(NCc2c[nH]c3ccccc23)ncc1N. The molecule has 0 aliphatic rings. The van der Waals surface area contributed by atoms with Crippen molar-refractivity contribution in [2.45, 2.75) is 13.5 Å². The number of fused-ring (bicyclic) bond motifs is 1. The number of rotatable bonds is 3. The monoisotopic (exact) mass is 252 g/mol. The molecule has 1 aromatic carbocycles. The predicted molar refractivity (Wildman–Crippen MR) is 79.0 cm³/mol. The number of nitrogen functional groups attached to an aromatic ring is 1. The molecule has 0 amide bonds. The maximum absolute atomic E-state index is 5.76. The van der Waals surface area contributed by atoms with Crippen molar-refractivity contribution in [3.63, 3.8) is 0 Å². The molecule has 4 N–H and O–H groups in total. The highest BCUT2D eigenvalue weighted by Gasteiger charge is 2.03. The highest BCUT2D eigenvalue weighted by atomic mass is 15.0. The fourth-order valence-electron chi connectivity index (χ4n) is 2.13. The number of nitrogens with one attached hydrogen (secondary N) is 2. The van der Waals surface area contributed by atoms with E-state index in [-0.39, 0.29) is 0 Å². The second-order valence-electron chi connectivity index (χ2n) is 4.64. The fraction of sp³-hybridized carbons (Fsp3) is 0.133. The van der Waals surface area contributed by atoms with E-state index in [2.05, 4.69) is 27.4 Å². The molecule has 0 radical (unpaired) electrons. The summed E-state index contributed by atoms with van der Waals surface area (Å²) >= 11 is 0. The number of hydrogen-bond donors (Lipinski definition) is 3. The van der Waals surface area contributed by atoms with Gasteiger partial charge in [-0.2, -0.15) is 0 Å². The molecule has 0 fully saturated rings. The first-order chi connectivity index (χ1) is 9.24. The van der Waals surface area contributed by atoms with Crippen LogP contribution in [-0.4, -0.2) is 9.97 Å². The van der Waals surface area contributed by atoms with Gasteiger partial charge in [0.25, 0.3) is 0 Å². The normalized spacial score (nSPS) is 10.8. The van der Waals surface area contributed by atoms with E-state index in [0.29, 0.717) is 0 Å². The van der Waals surface area contributed by atoms with Gasteiger partial charge in [-0.15, -0.1) is 0 Å². The number of anilines is 2. The van der Waals surface area contributed by atoms with Crippen molar-refractivity contribution in [2.75, 3.05) is 11.1 Å². The number of hydrogen-bond acceptors (Lipinski definition) is 3. The summed E-state index contributed by atoms with van der Waals surface area (Å²) in [6.07, 6.45) is 3.72. The highest BCUT2D eigenvalue weighted by Crippen LogP contribution is 2.19. The average Bonchev–Trinajstić information content (AvgIpc) is 2.83. The Hall–Kier alpha value is -2.49. The molecule has 0 atom stereocenters. The second kappa shape index (κ2) is 4.65. The maximum atomic E-state index is 5.76. The van der Waals surface area contributed by atoms with Crippen LogP contribution in [0, 0.1) is 6.92 Å². The minimum atomic E-state index is 0.720. The summed E-state index contributed by atoms with van der Waals surface area (Å²) in [4.78, 5) is 7.54. The van der Waals surface area contributed by atoms with E-state index >= 15 is 0 Å². The van der Waals surface area contributed by atoms with Gasteiger partial charge in [0.05, 0.1) is 11.9 Å². The molecule has 0 saturated carbocycles. The van der Waals surface area contributed by atoms with Crippen molar-refractivity contribution in [3.05, 3.63) is 53.9 Å². The van der Waals surface area contributed by atoms with E-state index in [1.807, 2.05) is 31.3 Å². The summed E-state index contributed by atoms with van der Waals surface area (Å²) in [6.45, 7) is 2.72. The van der Waals surface area contributed by atoms with Crippen molar-refractivity contribution in [3.8, 4) is 0 Å². The minimum Gasteiger partial charge on any atom is -0.397 e. The number of aromatic nitrogens is 2. The van der Waals surface area contributed by atoms with Gasteiger partial charge in [0.1, 0.15) is 5.82 Å². The van der Waals surface area contributed by atoms with Crippen molar-refractivity contribution < 1.29 is 0 Å². The molecule has 0 aliphatic heterocycles. The van der Waals surface area contributed by atoms with E-state index in [9.17, 15) is 0 Å². The third-order valence-corrected chi connectivity index (χ3v) is 3.29. The Morgan fingerprint density at radius 1 is 1.32 bits per heavy atom. The number of nitrogens with two attached hydrogens (primary N) is 1. The molecule has 0 saturated heterocycles. The van der Waals surface area contributed by atoms with Crippen LogP contribution in [0.5, 0.6) is 0 Å². The van der Waals surface area contributed by atoms with E-state index in [4.69, 9.17) is 5.73 Å². The smallest absolute Gasteiger partial charge is 0.126 e. The Bertz CT molecular complexity index is 715. The summed E-state index contributed by atoms with van der Waals surface area (Å²) in [6, 6.07) is 10.2. The van der Waals surface area contributed by atoms with E-state index in [1.165, 1.54) is 10.9 Å². The number of aromatic amines is 1. The number of benzene rings is 1. The van der Waals surface area contributed by atoms with Gasteiger partial charge in [-0.1, -0.05) is 18.2 Å². The van der Waals surface area contributed by atoms with Crippen LogP contribution in [-0.2, 0) is 6.54 Å². The van der Waals surface area contributed by atoms with Gasteiger partial charge >= 0.3 is 0 Å². The van der Waals surface area contributed by atoms with Crippen LogP contribution >= 0.6 is 0 Å². The fourth-order valence-corrected chi connectivity index (χ4v) is 2.13. The summed E-state index contributed by atoms with van der Waals surface area (Å²) < 4.78 is 0. The van der Waals surface area contributed by atoms with Crippen LogP contribution < -0.4 is 11.1 Å². The van der Waals surface area contributed by atoms with Crippen LogP contribution in [0.25, 0.3) is 10.9 Å². The van der Waals surface area contributed by atoms with Crippen LogP contribution in [0.2, 0.25) is 0 Å². The standard InChI is InChI=1S/C15H16N4/c1-10-6-15(19-9-13(10)16)18-8-11-7-17-14-5-3-2-4-12(11)14/h2-7,9,17H,8,16H2,1H3,(H,18,19). The molecular formula is C15H16N4. The molecule has 0 aliphatic carbocycles. The molecule has 0 bridgehead atoms. The Morgan fingerprint density at radius 3 is 3.00 bits per heavy atom. The molecule has 0 unspecified atom stereocenters. The largest absolute Gasteiger partial charge is 0.397 e. The van der Waals surface area contributed by atoms with Crippen LogP contribution in [0.1, 0.15) is 11.1 Å². The third-order valence-electron chi connectivity index (χ3n) is 3.29. The Kier molecular flexibility index (Phi) is 2.83.